The van der Waals surface area contributed by atoms with E-state index in [0.717, 1.165) is 0 Å². The van der Waals surface area contributed by atoms with Crippen molar-refractivity contribution in [3.8, 4) is 11.8 Å². The Morgan fingerprint density at radius 1 is 1.40 bits per heavy atom. The maximum absolute atomic E-state index is 11.7. The van der Waals surface area contributed by atoms with Gasteiger partial charge in [-0.1, -0.05) is 24.0 Å². The fourth-order valence-corrected chi connectivity index (χ4v) is 1.15. The molecule has 1 amide bonds. The summed E-state index contributed by atoms with van der Waals surface area (Å²) in [6.07, 6.45) is 0. The summed E-state index contributed by atoms with van der Waals surface area (Å²) in [6, 6.07) is 7.10. The Hall–Kier alpha value is -1.79. The third-order valence-electron chi connectivity index (χ3n) is 1.87. The monoisotopic (exact) mass is 203 g/mol. The van der Waals surface area contributed by atoms with Crippen LogP contribution in [0.1, 0.15) is 15.9 Å². The summed E-state index contributed by atoms with van der Waals surface area (Å²) in [7, 11) is 3.39. The van der Waals surface area contributed by atoms with Gasteiger partial charge in [-0.3, -0.25) is 4.79 Å². The molecule has 0 radical (unpaired) electrons. The van der Waals surface area contributed by atoms with Crippen molar-refractivity contribution in [1.82, 2.24) is 4.90 Å². The summed E-state index contributed by atoms with van der Waals surface area (Å²) in [5.74, 6) is 5.20. The number of aliphatic hydroxyl groups excluding tert-OH is 1. The summed E-state index contributed by atoms with van der Waals surface area (Å²) in [4.78, 5) is 13.2. The topological polar surface area (TPSA) is 40.5 Å². The second-order valence-electron chi connectivity index (χ2n) is 3.21. The van der Waals surface area contributed by atoms with Gasteiger partial charge in [0.2, 0.25) is 0 Å². The van der Waals surface area contributed by atoms with Gasteiger partial charge in [0.1, 0.15) is 6.61 Å². The number of nitrogens with zero attached hydrogens (tertiary/aromatic N) is 1. The Morgan fingerprint density at radius 2 is 2.07 bits per heavy atom. The Morgan fingerprint density at radius 3 is 2.67 bits per heavy atom. The van der Waals surface area contributed by atoms with Gasteiger partial charge in [-0.15, -0.1) is 0 Å². The van der Waals surface area contributed by atoms with Crippen molar-refractivity contribution in [2.24, 2.45) is 0 Å². The molecule has 0 saturated carbocycles. The van der Waals surface area contributed by atoms with Crippen LogP contribution in [0.5, 0.6) is 0 Å². The van der Waals surface area contributed by atoms with Gasteiger partial charge >= 0.3 is 0 Å². The molecule has 0 spiro atoms. The van der Waals surface area contributed by atoms with Gasteiger partial charge in [0.05, 0.1) is 5.56 Å². The highest BCUT2D eigenvalue weighted by molar-refractivity contribution is 5.96. The van der Waals surface area contributed by atoms with E-state index in [1.54, 1.807) is 32.3 Å². The summed E-state index contributed by atoms with van der Waals surface area (Å²) < 4.78 is 0. The number of aliphatic hydroxyl groups is 1. The van der Waals surface area contributed by atoms with E-state index in [2.05, 4.69) is 11.8 Å². The Kier molecular flexibility index (Phi) is 3.90. The van der Waals surface area contributed by atoms with E-state index in [4.69, 9.17) is 5.11 Å². The molecule has 3 nitrogen and oxygen atoms in total. The quantitative estimate of drug-likeness (QED) is 0.684. The molecule has 1 aromatic carbocycles. The second-order valence-corrected chi connectivity index (χ2v) is 3.21. The summed E-state index contributed by atoms with van der Waals surface area (Å²) in [6.45, 7) is -0.204. The van der Waals surface area contributed by atoms with Crippen LogP contribution in [0.15, 0.2) is 24.3 Å². The van der Waals surface area contributed by atoms with E-state index in [0.29, 0.717) is 11.1 Å². The molecule has 1 rings (SSSR count). The minimum atomic E-state index is -0.204. The molecule has 0 fully saturated rings. The standard InChI is InChI=1S/C12H13NO2/c1-13(2)12(15)11-8-4-3-6-10(11)7-5-9-14/h3-4,6,8,14H,9H2,1-2H3. The van der Waals surface area contributed by atoms with Crippen LogP contribution in [-0.4, -0.2) is 36.6 Å². The largest absolute Gasteiger partial charge is 0.384 e. The lowest BCUT2D eigenvalue weighted by Crippen LogP contribution is -2.22. The fraction of sp³-hybridized carbons (Fsp3) is 0.250. The smallest absolute Gasteiger partial charge is 0.254 e. The Bertz CT molecular complexity index is 413. The first-order valence-electron chi connectivity index (χ1n) is 4.57. The van der Waals surface area contributed by atoms with Crippen molar-refractivity contribution in [1.29, 1.82) is 0 Å². The van der Waals surface area contributed by atoms with Gasteiger partial charge < -0.3 is 10.0 Å². The first kappa shape index (κ1) is 11.3. The van der Waals surface area contributed by atoms with Crippen LogP contribution < -0.4 is 0 Å². The summed E-state index contributed by atoms with van der Waals surface area (Å²) >= 11 is 0. The lowest BCUT2D eigenvalue weighted by atomic mass is 10.1. The molecule has 15 heavy (non-hydrogen) atoms. The average molecular weight is 203 g/mol. The highest BCUT2D eigenvalue weighted by Gasteiger charge is 2.10. The molecule has 0 aliphatic rings. The van der Waals surface area contributed by atoms with Gasteiger partial charge in [0, 0.05) is 19.7 Å². The minimum absolute atomic E-state index is 0.0853. The third-order valence-corrected chi connectivity index (χ3v) is 1.87. The van der Waals surface area contributed by atoms with Crippen LogP contribution in [0.3, 0.4) is 0 Å². The maximum Gasteiger partial charge on any atom is 0.254 e. The van der Waals surface area contributed by atoms with Crippen LogP contribution in [0.4, 0.5) is 0 Å². The fourth-order valence-electron chi connectivity index (χ4n) is 1.15. The lowest BCUT2D eigenvalue weighted by molar-refractivity contribution is 0.0827. The van der Waals surface area contributed by atoms with Crippen molar-refractivity contribution >= 4 is 5.91 Å². The SMILES string of the molecule is CN(C)C(=O)c1ccccc1C#CCO. The lowest BCUT2D eigenvalue weighted by Gasteiger charge is -2.11. The number of carbonyl (C=O) groups excluding carboxylic acids is 1. The van der Waals surface area contributed by atoms with Gasteiger partial charge in [-0.2, -0.15) is 0 Å². The minimum Gasteiger partial charge on any atom is -0.384 e. The average Bonchev–Trinajstić information content (AvgIpc) is 2.25. The Balaban J connectivity index is 3.12. The van der Waals surface area contributed by atoms with Gasteiger partial charge in [-0.05, 0) is 12.1 Å². The van der Waals surface area contributed by atoms with E-state index in [1.807, 2.05) is 6.07 Å². The van der Waals surface area contributed by atoms with Crippen LogP contribution in [0, 0.1) is 11.8 Å². The second kappa shape index (κ2) is 5.18. The molecule has 0 aliphatic carbocycles. The van der Waals surface area contributed by atoms with Gasteiger partial charge in [0.25, 0.3) is 5.91 Å². The molecular formula is C12H13NO2. The molecular weight excluding hydrogens is 190 g/mol. The molecule has 0 atom stereocenters. The van der Waals surface area contributed by atoms with Crippen molar-refractivity contribution in [2.45, 2.75) is 0 Å². The van der Waals surface area contributed by atoms with Crippen LogP contribution >= 0.6 is 0 Å². The van der Waals surface area contributed by atoms with E-state index >= 15 is 0 Å². The zero-order chi connectivity index (χ0) is 11.3. The summed E-state index contributed by atoms with van der Waals surface area (Å²) in [5, 5.41) is 8.60. The number of hydrogen-bond acceptors (Lipinski definition) is 2. The molecule has 1 N–H and O–H groups in total. The number of hydrogen-bond donors (Lipinski definition) is 1. The third kappa shape index (κ3) is 2.83. The number of carbonyl (C=O) groups is 1. The molecule has 0 saturated heterocycles. The van der Waals surface area contributed by atoms with Gasteiger partial charge in [-0.25, -0.2) is 0 Å². The molecule has 0 aliphatic heterocycles. The molecule has 1 aromatic rings. The molecule has 78 valence electrons. The molecule has 0 aromatic heterocycles. The van der Waals surface area contributed by atoms with Crippen molar-refractivity contribution in [2.75, 3.05) is 20.7 Å². The van der Waals surface area contributed by atoms with Gasteiger partial charge in [0.15, 0.2) is 0 Å². The normalized spacial score (nSPS) is 9.00. The zero-order valence-electron chi connectivity index (χ0n) is 8.82. The predicted octanol–water partition coefficient (Wildman–Crippen LogP) is 0.732. The first-order valence-corrected chi connectivity index (χ1v) is 4.57. The predicted molar refractivity (Wildman–Crippen MR) is 58.4 cm³/mol. The molecule has 0 unspecified atom stereocenters. The number of rotatable bonds is 1. The highest BCUT2D eigenvalue weighted by atomic mass is 16.2. The first-order chi connectivity index (χ1) is 7.16. The van der Waals surface area contributed by atoms with Crippen LogP contribution in [0.2, 0.25) is 0 Å². The number of benzene rings is 1. The van der Waals surface area contributed by atoms with E-state index in [9.17, 15) is 4.79 Å². The van der Waals surface area contributed by atoms with Crippen molar-refractivity contribution < 1.29 is 9.90 Å². The zero-order valence-corrected chi connectivity index (χ0v) is 8.82. The van der Waals surface area contributed by atoms with Crippen LogP contribution in [-0.2, 0) is 0 Å². The van der Waals surface area contributed by atoms with E-state index in [-0.39, 0.29) is 12.5 Å². The van der Waals surface area contributed by atoms with Crippen molar-refractivity contribution in [3.63, 3.8) is 0 Å². The number of amides is 1. The Labute approximate surface area is 89.3 Å². The molecule has 0 bridgehead atoms. The van der Waals surface area contributed by atoms with E-state index in [1.165, 1.54) is 4.90 Å². The maximum atomic E-state index is 11.7. The van der Waals surface area contributed by atoms with Crippen LogP contribution in [0.25, 0.3) is 0 Å². The highest BCUT2D eigenvalue weighted by Crippen LogP contribution is 2.09. The van der Waals surface area contributed by atoms with Crippen molar-refractivity contribution in [3.05, 3.63) is 35.4 Å². The van der Waals surface area contributed by atoms with E-state index < -0.39 is 0 Å². The molecule has 3 heteroatoms. The summed E-state index contributed by atoms with van der Waals surface area (Å²) in [5.41, 5.74) is 1.20. The molecule has 0 heterocycles.